The van der Waals surface area contributed by atoms with Gasteiger partial charge in [0.05, 0.1) is 33.1 Å². The average molecular weight is 921 g/mol. The van der Waals surface area contributed by atoms with Crippen LogP contribution in [0.2, 0.25) is 0 Å². The molecule has 2 aliphatic heterocycles. The number of nitrogens with zero attached hydrogens (tertiary/aromatic N) is 6. The molecule has 0 N–H and O–H groups in total. The van der Waals surface area contributed by atoms with Crippen LogP contribution in [0.25, 0.3) is 88.4 Å². The third kappa shape index (κ3) is 6.86. The topological polar surface area (TPSA) is 60.4 Å². The predicted molar refractivity (Wildman–Crippen MR) is 292 cm³/mol. The molecule has 2 aliphatic rings. The smallest absolute Gasteiger partial charge is 0.101 e. The van der Waals surface area contributed by atoms with Gasteiger partial charge in [0.1, 0.15) is 10.1 Å². The highest BCUT2D eigenvalue weighted by Gasteiger charge is 2.45. The fraction of sp³-hybridized carbons (Fsp3) is 0.200. The average Bonchev–Trinajstić information content (AvgIpc) is 3.99. The van der Waals surface area contributed by atoms with Gasteiger partial charge in [-0.25, -0.2) is 0 Å². The number of rotatable bonds is 7. The number of aromatic nitrogens is 4. The van der Waals surface area contributed by atoms with Crippen molar-refractivity contribution in [3.63, 3.8) is 0 Å². The van der Waals surface area contributed by atoms with Crippen molar-refractivity contribution < 1.29 is 0 Å². The zero-order valence-electron chi connectivity index (χ0n) is 39.7. The van der Waals surface area contributed by atoms with E-state index in [1.165, 1.54) is 21.5 Å². The summed E-state index contributed by atoms with van der Waals surface area (Å²) in [6.45, 7) is 18.0. The minimum Gasteiger partial charge on any atom is -0.309 e. The molecular weight excluding hydrogens is 869 g/mol. The molecule has 6 aromatic carbocycles. The first-order valence-electron chi connectivity index (χ1n) is 23.4. The molecule has 0 fully saturated rings. The summed E-state index contributed by atoms with van der Waals surface area (Å²) in [4.78, 5) is 19.9. The maximum Gasteiger partial charge on any atom is 0.101 e. The fourth-order valence-corrected chi connectivity index (χ4v) is 12.3. The van der Waals surface area contributed by atoms with E-state index < -0.39 is 0 Å². The van der Waals surface area contributed by atoms with Crippen LogP contribution in [-0.2, 0) is 0 Å². The lowest BCUT2D eigenvalue weighted by molar-refractivity contribution is 0.426. The first-order chi connectivity index (χ1) is 32.6. The van der Waals surface area contributed by atoms with E-state index in [0.29, 0.717) is 0 Å². The number of para-hydroxylation sites is 2. The third-order valence-corrected chi connectivity index (χ3v) is 18.0. The van der Waals surface area contributed by atoms with Gasteiger partial charge < -0.3 is 9.13 Å². The Morgan fingerprint density at radius 2 is 0.647 bits per heavy atom. The number of pyridine rings is 2. The normalized spacial score (nSPS) is 17.1. The largest absolute Gasteiger partial charge is 0.309 e. The second-order valence-electron chi connectivity index (χ2n) is 20.4. The van der Waals surface area contributed by atoms with Crippen LogP contribution in [0.4, 0.5) is 0 Å². The van der Waals surface area contributed by atoms with Gasteiger partial charge in [-0.2, -0.15) is 0 Å². The van der Waals surface area contributed by atoms with Crippen LogP contribution in [0, 0.1) is 0 Å². The molecule has 10 aromatic rings. The van der Waals surface area contributed by atoms with Crippen molar-refractivity contribution in [2.75, 3.05) is 0 Å². The predicted octanol–water partition coefficient (Wildman–Crippen LogP) is 15.8. The van der Waals surface area contributed by atoms with E-state index in [4.69, 9.17) is 20.0 Å². The molecule has 0 saturated carbocycles. The second-order valence-corrected chi connectivity index (χ2v) is 23.6. The van der Waals surface area contributed by atoms with Gasteiger partial charge in [-0.3, -0.25) is 20.0 Å². The molecule has 6 nitrogen and oxygen atoms in total. The number of hydrogen-bond donors (Lipinski definition) is 0. The highest BCUT2D eigenvalue weighted by atomic mass is 32.2. The molecule has 0 saturated heterocycles. The Kier molecular flexibility index (Phi) is 9.64. The van der Waals surface area contributed by atoms with E-state index in [-0.39, 0.29) is 20.6 Å². The van der Waals surface area contributed by atoms with Gasteiger partial charge in [-0.15, -0.1) is 0 Å². The molecule has 0 spiro atoms. The monoisotopic (exact) mass is 920 g/mol. The molecule has 334 valence electrons. The molecule has 0 bridgehead atoms. The summed E-state index contributed by atoms with van der Waals surface area (Å²) in [6, 6.07) is 53.5. The van der Waals surface area contributed by atoms with Crippen LogP contribution in [0.3, 0.4) is 0 Å². The molecule has 12 rings (SSSR count). The Hall–Kier alpha value is -6.74. The summed E-state index contributed by atoms with van der Waals surface area (Å²) in [5.74, 6) is 0. The van der Waals surface area contributed by atoms with Crippen molar-refractivity contribution in [1.29, 1.82) is 0 Å². The van der Waals surface area contributed by atoms with Crippen LogP contribution in [0.5, 0.6) is 0 Å². The molecule has 0 radical (unpaired) electrons. The third-order valence-electron chi connectivity index (χ3n) is 14.9. The zero-order chi connectivity index (χ0) is 46.7. The molecular formula is C60H52N6S2. The summed E-state index contributed by atoms with van der Waals surface area (Å²) in [6.07, 6.45) is 7.87. The van der Waals surface area contributed by atoms with Crippen molar-refractivity contribution in [3.05, 3.63) is 182 Å². The highest BCUT2D eigenvalue weighted by Crippen LogP contribution is 2.48. The van der Waals surface area contributed by atoms with Crippen LogP contribution < -0.4 is 0 Å². The lowest BCUT2D eigenvalue weighted by Crippen LogP contribution is -2.36. The maximum absolute atomic E-state index is 5.17. The Labute approximate surface area is 406 Å². The van der Waals surface area contributed by atoms with E-state index in [0.717, 1.165) is 88.0 Å². The SMILES string of the molecule is CC1(C)N=C(c2cncc(-c3ccc4c(c3)c3cc(-c5ccc6c(c5)c5cc(-c7cncc(C8=NC(C)(C)C(C)(C)S8)c7)ccc5n6-c5ccccc5)ccc3n4-c3ccccc3)c2)SC1(C)C. The Balaban J connectivity index is 1.00. The Morgan fingerprint density at radius 1 is 0.338 bits per heavy atom. The lowest BCUT2D eigenvalue weighted by Gasteiger charge is -2.30. The van der Waals surface area contributed by atoms with Crippen molar-refractivity contribution in [1.82, 2.24) is 19.1 Å². The van der Waals surface area contributed by atoms with Gasteiger partial charge in [0.25, 0.3) is 0 Å². The van der Waals surface area contributed by atoms with Crippen molar-refractivity contribution in [3.8, 4) is 44.8 Å². The molecule has 0 amide bonds. The second kappa shape index (κ2) is 15.4. The van der Waals surface area contributed by atoms with Gasteiger partial charge in [-0.1, -0.05) is 84.2 Å². The maximum atomic E-state index is 5.17. The van der Waals surface area contributed by atoms with Crippen molar-refractivity contribution >= 4 is 77.2 Å². The van der Waals surface area contributed by atoms with Gasteiger partial charge in [0, 0.05) is 89.5 Å². The van der Waals surface area contributed by atoms with Crippen molar-refractivity contribution in [2.45, 2.75) is 76.0 Å². The van der Waals surface area contributed by atoms with Crippen LogP contribution in [-0.4, -0.2) is 49.8 Å². The van der Waals surface area contributed by atoms with E-state index in [1.807, 2.05) is 48.3 Å². The molecule has 0 unspecified atom stereocenters. The van der Waals surface area contributed by atoms with E-state index in [1.54, 1.807) is 0 Å². The quantitative estimate of drug-likeness (QED) is 0.160. The Morgan fingerprint density at radius 3 is 0.956 bits per heavy atom. The summed E-state index contributed by atoms with van der Waals surface area (Å²) < 4.78 is 4.77. The van der Waals surface area contributed by atoms with Gasteiger partial charge in [0.15, 0.2) is 0 Å². The van der Waals surface area contributed by atoms with Gasteiger partial charge >= 0.3 is 0 Å². The van der Waals surface area contributed by atoms with E-state index >= 15 is 0 Å². The summed E-state index contributed by atoms with van der Waals surface area (Å²) >= 11 is 3.68. The number of thioether (sulfide) groups is 2. The Bertz CT molecular complexity index is 3490. The van der Waals surface area contributed by atoms with Crippen LogP contribution in [0.15, 0.2) is 180 Å². The highest BCUT2D eigenvalue weighted by molar-refractivity contribution is 8.16. The first-order valence-corrected chi connectivity index (χ1v) is 25.1. The summed E-state index contributed by atoms with van der Waals surface area (Å²) in [7, 11) is 0. The van der Waals surface area contributed by atoms with Gasteiger partial charge in [-0.05, 0) is 163 Å². The molecule has 0 atom stereocenters. The minimum absolute atomic E-state index is 0.00879. The van der Waals surface area contributed by atoms with E-state index in [2.05, 4.69) is 210 Å². The molecule has 0 aliphatic carbocycles. The van der Waals surface area contributed by atoms with E-state index in [9.17, 15) is 0 Å². The van der Waals surface area contributed by atoms with Crippen LogP contribution in [0.1, 0.15) is 66.5 Å². The standard InChI is InChI=1S/C60H52N6S2/c1-57(2)59(5,6)67-55(63-57)43-27-41(33-61-35-43)39-21-25-53-49(31-39)47-29-37(19-23-51(47)65(53)45-15-11-9-12-16-45)38-20-24-52-48(30-38)50-32-40(22-26-54(50)66(52)46-17-13-10-14-18-46)42-28-44(36-62-34-42)56-64-58(3,4)60(7,8)68-56/h9-36H,1-8H3. The summed E-state index contributed by atoms with van der Waals surface area (Å²) in [5, 5.41) is 6.89. The number of fused-ring (bicyclic) bond motifs is 6. The fourth-order valence-electron chi connectivity index (χ4n) is 9.71. The van der Waals surface area contributed by atoms with Crippen LogP contribution >= 0.6 is 23.5 Å². The molecule has 4 aromatic heterocycles. The van der Waals surface area contributed by atoms with Crippen molar-refractivity contribution in [2.24, 2.45) is 9.98 Å². The number of hydrogen-bond acceptors (Lipinski definition) is 6. The number of aliphatic imine (C=N–C) groups is 2. The van der Waals surface area contributed by atoms with Gasteiger partial charge in [0.2, 0.25) is 0 Å². The molecule has 8 heteroatoms. The number of benzene rings is 6. The summed E-state index contributed by atoms with van der Waals surface area (Å²) in [5.41, 5.74) is 15.4. The molecule has 68 heavy (non-hydrogen) atoms. The lowest BCUT2D eigenvalue weighted by atomic mass is 9.91. The zero-order valence-corrected chi connectivity index (χ0v) is 41.3. The first kappa shape index (κ1) is 42.6. The molecule has 6 heterocycles. The minimum atomic E-state index is -0.171.